The van der Waals surface area contributed by atoms with Crippen LogP contribution in [0.4, 0.5) is 5.69 Å². The minimum atomic E-state index is -0.389. The zero-order valence-corrected chi connectivity index (χ0v) is 15.6. The molecule has 0 saturated carbocycles. The molecule has 0 aliphatic rings. The molecule has 0 bridgehead atoms. The Labute approximate surface area is 160 Å². The molecule has 7 nitrogen and oxygen atoms in total. The van der Waals surface area contributed by atoms with Crippen molar-refractivity contribution in [1.29, 1.82) is 5.26 Å². The van der Waals surface area contributed by atoms with Gasteiger partial charge in [-0.3, -0.25) is 9.89 Å². The fourth-order valence-corrected chi connectivity index (χ4v) is 2.99. The minimum absolute atomic E-state index is 0.166. The van der Waals surface area contributed by atoms with Crippen LogP contribution in [0.15, 0.2) is 53.7 Å². The number of hydrogen-bond donors (Lipinski definition) is 2. The standard InChI is InChI=1S/C19H17N5O2S/c1-12(18(25)21-15-7-3-13(11-20)4-8-15)27-19-22-17(23-24-19)14-5-9-16(26-2)10-6-14/h3-10,12H,1-2H3,(H,21,25)(H,22,23,24)/t12-/m1/s1. The Morgan fingerprint density at radius 2 is 1.93 bits per heavy atom. The normalized spacial score (nSPS) is 11.4. The van der Waals surface area contributed by atoms with Gasteiger partial charge in [0.05, 0.1) is 24.0 Å². The minimum Gasteiger partial charge on any atom is -0.497 e. The van der Waals surface area contributed by atoms with Gasteiger partial charge in [0.1, 0.15) is 5.75 Å². The van der Waals surface area contributed by atoms with Crippen LogP contribution in [0.25, 0.3) is 11.4 Å². The van der Waals surface area contributed by atoms with Crippen molar-refractivity contribution in [3.8, 4) is 23.2 Å². The lowest BCUT2D eigenvalue weighted by atomic mass is 10.2. The quantitative estimate of drug-likeness (QED) is 0.636. The number of nitrogens with zero attached hydrogens (tertiary/aromatic N) is 3. The van der Waals surface area contributed by atoms with Crippen molar-refractivity contribution >= 4 is 23.4 Å². The summed E-state index contributed by atoms with van der Waals surface area (Å²) in [5, 5.41) is 18.8. The molecule has 1 heterocycles. The Hall–Kier alpha value is -3.31. The summed E-state index contributed by atoms with van der Waals surface area (Å²) in [6.07, 6.45) is 0. The van der Waals surface area contributed by atoms with E-state index >= 15 is 0 Å². The molecule has 3 aromatic rings. The number of rotatable bonds is 6. The molecule has 0 aliphatic heterocycles. The van der Waals surface area contributed by atoms with Gasteiger partial charge in [-0.05, 0) is 55.5 Å². The Morgan fingerprint density at radius 3 is 2.56 bits per heavy atom. The fraction of sp³-hybridized carbons (Fsp3) is 0.158. The second kappa shape index (κ2) is 8.38. The van der Waals surface area contributed by atoms with E-state index in [1.54, 1.807) is 38.3 Å². The molecule has 0 unspecified atom stereocenters. The summed E-state index contributed by atoms with van der Waals surface area (Å²) in [7, 11) is 1.61. The first kappa shape index (κ1) is 18.5. The van der Waals surface area contributed by atoms with E-state index in [2.05, 4.69) is 20.5 Å². The number of nitrogens with one attached hydrogen (secondary N) is 2. The molecular formula is C19H17N5O2S. The van der Waals surface area contributed by atoms with Crippen LogP contribution in [0.5, 0.6) is 5.75 Å². The number of aromatic nitrogens is 3. The Balaban J connectivity index is 1.61. The number of benzene rings is 2. The van der Waals surface area contributed by atoms with Crippen LogP contribution in [-0.2, 0) is 4.79 Å². The lowest BCUT2D eigenvalue weighted by Crippen LogP contribution is -2.22. The molecule has 0 radical (unpaired) electrons. The molecule has 3 rings (SSSR count). The average molecular weight is 379 g/mol. The maximum Gasteiger partial charge on any atom is 0.237 e. The Morgan fingerprint density at radius 1 is 1.22 bits per heavy atom. The molecule has 136 valence electrons. The monoisotopic (exact) mass is 379 g/mol. The van der Waals surface area contributed by atoms with E-state index in [1.165, 1.54) is 11.8 Å². The summed E-state index contributed by atoms with van der Waals surface area (Å²) in [5.74, 6) is 1.22. The summed E-state index contributed by atoms with van der Waals surface area (Å²) in [4.78, 5) is 16.8. The summed E-state index contributed by atoms with van der Waals surface area (Å²) in [5.41, 5.74) is 2.06. The third-order valence-corrected chi connectivity index (χ3v) is 4.72. The van der Waals surface area contributed by atoms with E-state index in [1.807, 2.05) is 30.3 Å². The predicted molar refractivity (Wildman–Crippen MR) is 103 cm³/mol. The van der Waals surface area contributed by atoms with Crippen molar-refractivity contribution in [1.82, 2.24) is 15.2 Å². The molecule has 1 amide bonds. The van der Waals surface area contributed by atoms with E-state index in [-0.39, 0.29) is 11.2 Å². The number of anilines is 1. The van der Waals surface area contributed by atoms with Gasteiger partial charge >= 0.3 is 0 Å². The zero-order chi connectivity index (χ0) is 19.2. The summed E-state index contributed by atoms with van der Waals surface area (Å²) < 4.78 is 5.14. The fourth-order valence-electron chi connectivity index (χ4n) is 2.26. The lowest BCUT2D eigenvalue weighted by molar-refractivity contribution is -0.115. The maximum atomic E-state index is 12.3. The van der Waals surface area contributed by atoms with E-state index in [9.17, 15) is 4.79 Å². The van der Waals surface area contributed by atoms with Gasteiger partial charge in [-0.1, -0.05) is 11.8 Å². The van der Waals surface area contributed by atoms with E-state index in [4.69, 9.17) is 10.00 Å². The van der Waals surface area contributed by atoms with Crippen LogP contribution in [0, 0.1) is 11.3 Å². The van der Waals surface area contributed by atoms with Crippen molar-refractivity contribution < 1.29 is 9.53 Å². The number of carbonyl (C=O) groups excluding carboxylic acids is 1. The number of H-pyrrole nitrogens is 1. The van der Waals surface area contributed by atoms with Crippen LogP contribution in [-0.4, -0.2) is 33.4 Å². The molecule has 8 heteroatoms. The van der Waals surface area contributed by atoms with Gasteiger partial charge < -0.3 is 10.1 Å². The number of nitriles is 1. The van der Waals surface area contributed by atoms with Gasteiger partial charge in [0.25, 0.3) is 0 Å². The highest BCUT2D eigenvalue weighted by molar-refractivity contribution is 8.00. The van der Waals surface area contributed by atoms with Crippen molar-refractivity contribution in [2.24, 2.45) is 0 Å². The summed E-state index contributed by atoms with van der Waals surface area (Å²) in [6.45, 7) is 1.78. The molecular weight excluding hydrogens is 362 g/mol. The first-order chi connectivity index (χ1) is 13.1. The Kier molecular flexibility index (Phi) is 5.74. The predicted octanol–water partition coefficient (Wildman–Crippen LogP) is 3.47. The number of methoxy groups -OCH3 is 1. The molecule has 2 N–H and O–H groups in total. The highest BCUT2D eigenvalue weighted by Crippen LogP contribution is 2.24. The van der Waals surface area contributed by atoms with Gasteiger partial charge in [-0.25, -0.2) is 4.98 Å². The van der Waals surface area contributed by atoms with Crippen LogP contribution in [0.2, 0.25) is 0 Å². The smallest absolute Gasteiger partial charge is 0.237 e. The maximum absolute atomic E-state index is 12.3. The highest BCUT2D eigenvalue weighted by atomic mass is 32.2. The second-order valence-electron chi connectivity index (χ2n) is 5.63. The molecule has 0 saturated heterocycles. The number of amides is 1. The SMILES string of the molecule is COc1ccc(-c2nc(S[C@H](C)C(=O)Nc3ccc(C#N)cc3)n[nH]2)cc1. The first-order valence-electron chi connectivity index (χ1n) is 8.13. The van der Waals surface area contributed by atoms with E-state index in [0.29, 0.717) is 22.2 Å². The van der Waals surface area contributed by atoms with Gasteiger partial charge in [0.15, 0.2) is 5.82 Å². The molecule has 2 aromatic carbocycles. The van der Waals surface area contributed by atoms with Gasteiger partial charge in [0, 0.05) is 11.3 Å². The van der Waals surface area contributed by atoms with Crippen LogP contribution in [0.1, 0.15) is 12.5 Å². The van der Waals surface area contributed by atoms with E-state index in [0.717, 1.165) is 11.3 Å². The van der Waals surface area contributed by atoms with Crippen molar-refractivity contribution in [2.45, 2.75) is 17.3 Å². The topological polar surface area (TPSA) is 104 Å². The number of ether oxygens (including phenoxy) is 1. The number of hydrogen-bond acceptors (Lipinski definition) is 6. The van der Waals surface area contributed by atoms with Crippen LogP contribution >= 0.6 is 11.8 Å². The molecule has 0 spiro atoms. The largest absolute Gasteiger partial charge is 0.497 e. The highest BCUT2D eigenvalue weighted by Gasteiger charge is 2.17. The van der Waals surface area contributed by atoms with E-state index < -0.39 is 0 Å². The average Bonchev–Trinajstić information content (AvgIpc) is 3.17. The molecule has 27 heavy (non-hydrogen) atoms. The molecule has 0 fully saturated rings. The van der Waals surface area contributed by atoms with Crippen LogP contribution < -0.4 is 10.1 Å². The number of thioether (sulfide) groups is 1. The number of carbonyl (C=O) groups is 1. The zero-order valence-electron chi connectivity index (χ0n) is 14.8. The van der Waals surface area contributed by atoms with Crippen molar-refractivity contribution in [3.05, 3.63) is 54.1 Å². The summed E-state index contributed by atoms with van der Waals surface area (Å²) in [6, 6.07) is 16.2. The molecule has 1 aromatic heterocycles. The van der Waals surface area contributed by atoms with Gasteiger partial charge in [-0.2, -0.15) is 5.26 Å². The Bertz CT molecular complexity index is 961. The number of aromatic amines is 1. The van der Waals surface area contributed by atoms with Crippen molar-refractivity contribution in [3.63, 3.8) is 0 Å². The van der Waals surface area contributed by atoms with Crippen LogP contribution in [0.3, 0.4) is 0 Å². The molecule has 1 atom stereocenters. The second-order valence-corrected chi connectivity index (χ2v) is 6.94. The first-order valence-corrected chi connectivity index (χ1v) is 9.01. The third-order valence-electron chi connectivity index (χ3n) is 3.76. The third kappa shape index (κ3) is 4.65. The summed E-state index contributed by atoms with van der Waals surface area (Å²) >= 11 is 1.26. The lowest BCUT2D eigenvalue weighted by Gasteiger charge is -2.10. The van der Waals surface area contributed by atoms with Gasteiger partial charge in [-0.15, -0.1) is 5.10 Å². The van der Waals surface area contributed by atoms with Crippen molar-refractivity contribution in [2.75, 3.05) is 12.4 Å². The molecule has 0 aliphatic carbocycles. The van der Waals surface area contributed by atoms with Gasteiger partial charge in [0.2, 0.25) is 11.1 Å².